The standard InChI is InChI=1S/C56H60F6N12/c1-6-38-25-47(55(57,58)59)49-32-71(36(3)73(49)30-38)45-17-9-15-43(27-45)51(41-11-7-12-41)53(63)67-65-22-21-64-35(2)40-19-23-70(24-20-40)29-39-26-48(56(60,61)62)50-33-72(37(4)74(50)31-39)46-18-10-16-44(28-46)52(42-13-8-14-42)54-68-66-34-69(54)5/h6,9-10,15-18,22,25-28,30-34,40-42,51-52,64H,1-4,7-8,11-14,19-21,23-24,29H2,5H3,(H2,63,67)/b65-22-. The van der Waals surface area contributed by atoms with Crippen molar-refractivity contribution < 1.29 is 26.3 Å². The van der Waals surface area contributed by atoms with Crippen LogP contribution in [0.4, 0.5) is 37.7 Å². The minimum atomic E-state index is -4.59. The molecule has 6 heterocycles. The number of aromatic nitrogens is 3. The molecule has 3 fully saturated rings. The van der Waals surface area contributed by atoms with Crippen LogP contribution >= 0.6 is 0 Å². The molecule has 0 radical (unpaired) electrons. The summed E-state index contributed by atoms with van der Waals surface area (Å²) in [7, 11) is 1.93. The van der Waals surface area contributed by atoms with Gasteiger partial charge in [0.15, 0.2) is 0 Å². The second-order valence-electron chi connectivity index (χ2n) is 20.1. The van der Waals surface area contributed by atoms with Crippen molar-refractivity contribution >= 4 is 23.4 Å². The molecule has 12 nitrogen and oxygen atoms in total. The summed E-state index contributed by atoms with van der Waals surface area (Å²) in [6.45, 7) is 18.4. The summed E-state index contributed by atoms with van der Waals surface area (Å²) in [6, 6.07) is 15.5. The van der Waals surface area contributed by atoms with Gasteiger partial charge in [0.25, 0.3) is 0 Å². The maximum Gasteiger partial charge on any atom is 0.418 e. The number of anilines is 2. The average Bonchev–Trinajstić information content (AvgIpc) is 4.03. The quantitative estimate of drug-likeness (QED) is 0.0627. The Kier molecular flexibility index (Phi) is 13.7. The SMILES string of the molecule is C=CC1=CN2C(=C)N(c3cccc(C(/C(N)=N/N=C\CNC(=C)C4CCN(CC5=CN6C(=C)N(c7cccc(C(c8nncn8C)C8CCC8)c7)C=C6C(C(F)(F)F)=C5)CC4)C4CCC4)c3)C=C2C(C(F)(F)F)=C1. The minimum Gasteiger partial charge on any atom is -0.385 e. The number of allylic oxidation sites excluding steroid dienone is 6. The van der Waals surface area contributed by atoms with Gasteiger partial charge in [-0.1, -0.05) is 69.5 Å². The summed E-state index contributed by atoms with van der Waals surface area (Å²) in [5.41, 5.74) is 10.2. The fourth-order valence-corrected chi connectivity index (χ4v) is 11.1. The van der Waals surface area contributed by atoms with E-state index in [-0.39, 0.29) is 35.1 Å². The van der Waals surface area contributed by atoms with Gasteiger partial charge < -0.3 is 35.2 Å². The van der Waals surface area contributed by atoms with Crippen LogP contribution in [0.2, 0.25) is 0 Å². The molecule has 2 aromatic carbocycles. The third-order valence-corrected chi connectivity index (χ3v) is 15.5. The molecule has 2 unspecified atom stereocenters. The molecule has 2 saturated carbocycles. The maximum atomic E-state index is 14.8. The van der Waals surface area contributed by atoms with Gasteiger partial charge in [-0.05, 0) is 122 Å². The van der Waals surface area contributed by atoms with Gasteiger partial charge in [-0.2, -0.15) is 31.4 Å². The van der Waals surface area contributed by atoms with Gasteiger partial charge in [-0.3, -0.25) is 4.90 Å². The van der Waals surface area contributed by atoms with Crippen molar-refractivity contribution in [3.8, 4) is 0 Å². The van der Waals surface area contributed by atoms with Crippen molar-refractivity contribution in [3.63, 3.8) is 0 Å². The van der Waals surface area contributed by atoms with Crippen molar-refractivity contribution in [1.29, 1.82) is 0 Å². The zero-order valence-corrected chi connectivity index (χ0v) is 41.3. The van der Waals surface area contributed by atoms with Crippen LogP contribution in [-0.2, 0) is 7.05 Å². The van der Waals surface area contributed by atoms with Crippen molar-refractivity contribution in [2.45, 2.75) is 75.6 Å². The van der Waals surface area contributed by atoms with Gasteiger partial charge in [0.1, 0.15) is 29.6 Å². The number of hydrogen-bond acceptors (Lipinski definition) is 10. The highest BCUT2D eigenvalue weighted by Crippen LogP contribution is 2.48. The van der Waals surface area contributed by atoms with E-state index in [1.54, 1.807) is 39.6 Å². The highest BCUT2D eigenvalue weighted by Gasteiger charge is 2.45. The van der Waals surface area contributed by atoms with E-state index in [1.807, 2.05) is 54.1 Å². The number of rotatable bonds is 16. The number of amidine groups is 1. The number of benzene rings is 2. The number of halogens is 6. The normalized spacial score (nSPS) is 21.0. The van der Waals surface area contributed by atoms with Gasteiger partial charge in [0, 0.05) is 79.4 Å². The predicted molar refractivity (Wildman–Crippen MR) is 277 cm³/mol. The zero-order chi connectivity index (χ0) is 52.1. The summed E-state index contributed by atoms with van der Waals surface area (Å²) in [6.07, 6.45) is 12.1. The maximum absolute atomic E-state index is 14.8. The van der Waals surface area contributed by atoms with Crippen molar-refractivity contribution in [2.75, 3.05) is 36.0 Å². The topological polar surface area (TPSA) is 110 Å². The van der Waals surface area contributed by atoms with E-state index in [0.717, 1.165) is 85.8 Å². The van der Waals surface area contributed by atoms with Crippen LogP contribution in [0, 0.1) is 17.8 Å². The van der Waals surface area contributed by atoms with E-state index in [2.05, 4.69) is 63.0 Å². The Bertz CT molecular complexity index is 2990. The number of aryl methyl sites for hydroxylation is 1. The first kappa shape index (κ1) is 50.2. The Hall–Kier alpha value is -7.34. The number of nitrogens with one attached hydrogen (secondary N) is 1. The molecule has 7 aliphatic rings. The summed E-state index contributed by atoms with van der Waals surface area (Å²) >= 11 is 0. The molecule has 5 aliphatic heterocycles. The second kappa shape index (κ2) is 20.2. The number of hydrogen-bond donors (Lipinski definition) is 2. The third kappa shape index (κ3) is 9.90. The molecule has 1 aromatic heterocycles. The molecule has 0 amide bonds. The monoisotopic (exact) mass is 1010 g/mol. The molecule has 0 spiro atoms. The molecule has 18 heteroatoms. The summed E-state index contributed by atoms with van der Waals surface area (Å²) in [4.78, 5) is 8.55. The first-order valence-electron chi connectivity index (χ1n) is 25.1. The number of nitrogens with zero attached hydrogens (tertiary/aromatic N) is 10. The van der Waals surface area contributed by atoms with E-state index in [1.165, 1.54) is 29.5 Å². The first-order valence-corrected chi connectivity index (χ1v) is 25.1. The van der Waals surface area contributed by atoms with E-state index in [0.29, 0.717) is 66.4 Å². The van der Waals surface area contributed by atoms with Gasteiger partial charge in [0.2, 0.25) is 0 Å². The molecular weight excluding hydrogens is 955 g/mol. The van der Waals surface area contributed by atoms with Crippen LogP contribution in [-0.4, -0.2) is 80.0 Å². The van der Waals surface area contributed by atoms with E-state index in [9.17, 15) is 26.3 Å². The Morgan fingerprint density at radius 3 is 1.96 bits per heavy atom. The summed E-state index contributed by atoms with van der Waals surface area (Å²) in [5.74, 6) is 2.53. The lowest BCUT2D eigenvalue weighted by Gasteiger charge is -2.35. The molecule has 3 N–H and O–H groups in total. The van der Waals surface area contributed by atoms with Crippen LogP contribution in [0.15, 0.2) is 185 Å². The number of alkyl halides is 6. The molecule has 0 bridgehead atoms. The highest BCUT2D eigenvalue weighted by atomic mass is 19.4. The Morgan fingerprint density at radius 1 is 0.797 bits per heavy atom. The number of likely N-dealkylation sites (tertiary alicyclic amines) is 1. The van der Waals surface area contributed by atoms with E-state index >= 15 is 0 Å². The van der Waals surface area contributed by atoms with E-state index < -0.39 is 23.5 Å². The van der Waals surface area contributed by atoms with Gasteiger partial charge >= 0.3 is 12.4 Å². The van der Waals surface area contributed by atoms with Crippen molar-refractivity contribution in [2.24, 2.45) is 40.7 Å². The molecule has 3 aromatic rings. The predicted octanol–water partition coefficient (Wildman–Crippen LogP) is 11.3. The Morgan fingerprint density at radius 2 is 1.39 bits per heavy atom. The van der Waals surface area contributed by atoms with Gasteiger partial charge in [-0.25, -0.2) is 0 Å². The molecule has 386 valence electrons. The van der Waals surface area contributed by atoms with Crippen LogP contribution in [0.5, 0.6) is 0 Å². The molecule has 1 saturated heterocycles. The van der Waals surface area contributed by atoms with Gasteiger partial charge in [0.05, 0.1) is 29.1 Å². The molecular formula is C56H60F6N12. The third-order valence-electron chi connectivity index (χ3n) is 15.5. The molecule has 2 aliphatic carbocycles. The Labute approximate surface area is 427 Å². The summed E-state index contributed by atoms with van der Waals surface area (Å²) < 4.78 is 88.8. The van der Waals surface area contributed by atoms with Crippen LogP contribution in [0.1, 0.15) is 80.2 Å². The molecule has 2 atom stereocenters. The first-order chi connectivity index (χ1) is 35.5. The average molecular weight is 1020 g/mol. The molecule has 10 rings (SSSR count). The second-order valence-corrected chi connectivity index (χ2v) is 20.1. The fraction of sp³-hybridized carbons (Fsp3) is 0.357. The zero-order valence-electron chi connectivity index (χ0n) is 41.3. The van der Waals surface area contributed by atoms with Crippen molar-refractivity contribution in [3.05, 3.63) is 192 Å². The summed E-state index contributed by atoms with van der Waals surface area (Å²) in [5, 5.41) is 20.7. The highest BCUT2D eigenvalue weighted by molar-refractivity contribution is 5.88. The van der Waals surface area contributed by atoms with Crippen LogP contribution in [0.25, 0.3) is 0 Å². The smallest absolute Gasteiger partial charge is 0.385 e. The van der Waals surface area contributed by atoms with Crippen LogP contribution in [0.3, 0.4) is 0 Å². The van der Waals surface area contributed by atoms with Gasteiger partial charge in [-0.15, -0.1) is 15.3 Å². The number of nitrogens with two attached hydrogens (primary N) is 1. The van der Waals surface area contributed by atoms with Crippen LogP contribution < -0.4 is 20.9 Å². The van der Waals surface area contributed by atoms with E-state index in [4.69, 9.17) is 5.73 Å². The number of fused-ring (bicyclic) bond motifs is 2. The van der Waals surface area contributed by atoms with Crippen molar-refractivity contribution in [1.82, 2.24) is 34.8 Å². The Balaban J connectivity index is 0.742. The fourth-order valence-electron chi connectivity index (χ4n) is 11.1. The lowest BCUT2D eigenvalue weighted by Crippen LogP contribution is -2.38. The molecule has 74 heavy (non-hydrogen) atoms. The minimum absolute atomic E-state index is 0.0202. The lowest BCUT2D eigenvalue weighted by atomic mass is 9.72. The largest absolute Gasteiger partial charge is 0.418 e. The lowest BCUT2D eigenvalue weighted by molar-refractivity contribution is -0.0918. The number of piperidine rings is 1.